The largest absolute Gasteiger partial charge is 0.364 e. The zero-order valence-corrected chi connectivity index (χ0v) is 19.0. The fourth-order valence-corrected chi connectivity index (χ4v) is 5.32. The topological polar surface area (TPSA) is 166 Å². The van der Waals surface area contributed by atoms with Crippen LogP contribution in [0.5, 0.6) is 0 Å². The van der Waals surface area contributed by atoms with E-state index in [1.807, 2.05) is 0 Å². The molecule has 180 valence electrons. The van der Waals surface area contributed by atoms with Crippen molar-refractivity contribution in [1.29, 1.82) is 0 Å². The number of halogens is 1. The third-order valence-corrected chi connectivity index (χ3v) is 6.78. The van der Waals surface area contributed by atoms with Crippen LogP contribution in [0.1, 0.15) is 29.8 Å². The van der Waals surface area contributed by atoms with Crippen molar-refractivity contribution in [1.82, 2.24) is 19.7 Å². The van der Waals surface area contributed by atoms with Crippen LogP contribution < -0.4 is 11.1 Å². The first kappa shape index (κ1) is 22.7. The Bertz CT molecular complexity index is 1390. The molecular formula is C22H20ClN7O5. The molecular weight excluding hydrogens is 478 g/mol. The van der Waals surface area contributed by atoms with E-state index in [1.165, 1.54) is 22.9 Å². The van der Waals surface area contributed by atoms with Crippen molar-refractivity contribution in [3.05, 3.63) is 57.4 Å². The summed E-state index contributed by atoms with van der Waals surface area (Å²) < 4.78 is 1.29. The minimum atomic E-state index is -0.867. The summed E-state index contributed by atoms with van der Waals surface area (Å²) in [7, 11) is 0. The molecule has 1 aliphatic carbocycles. The highest BCUT2D eigenvalue weighted by Gasteiger charge is 2.51. The summed E-state index contributed by atoms with van der Waals surface area (Å²) in [6, 6.07) is 7.99. The van der Waals surface area contributed by atoms with Crippen molar-refractivity contribution >= 4 is 51.7 Å². The van der Waals surface area contributed by atoms with Gasteiger partial charge in [-0.25, -0.2) is 4.98 Å². The van der Waals surface area contributed by atoms with Gasteiger partial charge in [0.2, 0.25) is 11.8 Å². The standard InChI is InChI=1S/C22H20ClN7O5/c23-16-2-1-3-17(25-16)26-22(33)20-11-4-5-12(8-11)29(20)18(31)10-28-15-7-6-13(30(34)35)9-14(15)19(27-28)21(24)32/h1-3,6-7,9,11-12,20H,4-5,8,10H2,(H2,24,32)(H,25,26,33)/t11-,12+,20-/m0/s1. The molecule has 2 fully saturated rings. The van der Waals surface area contributed by atoms with Gasteiger partial charge in [-0.3, -0.25) is 29.2 Å². The Labute approximate surface area is 203 Å². The number of carbonyl (C=O) groups is 3. The number of pyridine rings is 1. The second-order valence-corrected chi connectivity index (χ2v) is 9.02. The number of non-ortho nitro benzene ring substituents is 1. The minimum absolute atomic E-state index is 0.0151. The molecule has 2 aliphatic rings. The molecule has 1 saturated heterocycles. The van der Waals surface area contributed by atoms with Gasteiger partial charge in [0.1, 0.15) is 23.6 Å². The maximum Gasteiger partial charge on any atom is 0.270 e. The Morgan fingerprint density at radius 1 is 1.23 bits per heavy atom. The SMILES string of the molecule is NC(=O)c1nn(CC(=O)N2[C@@H]3CC[C@@H](C3)[C@H]2C(=O)Nc2cccc(Cl)n2)c2ccc([N+](=O)[O-])cc12. The van der Waals surface area contributed by atoms with Crippen molar-refractivity contribution in [2.24, 2.45) is 11.7 Å². The van der Waals surface area contributed by atoms with E-state index in [-0.39, 0.29) is 52.2 Å². The highest BCUT2D eigenvalue weighted by atomic mass is 35.5. The van der Waals surface area contributed by atoms with Gasteiger partial charge in [-0.05, 0) is 43.4 Å². The third-order valence-electron chi connectivity index (χ3n) is 6.57. The van der Waals surface area contributed by atoms with Crippen molar-refractivity contribution in [2.45, 2.75) is 37.9 Å². The Hall–Kier alpha value is -4.06. The van der Waals surface area contributed by atoms with Crippen molar-refractivity contribution in [2.75, 3.05) is 5.32 Å². The predicted octanol–water partition coefficient (Wildman–Crippen LogP) is 2.11. The number of carbonyl (C=O) groups excluding carboxylic acids is 3. The van der Waals surface area contributed by atoms with Gasteiger partial charge >= 0.3 is 0 Å². The molecule has 0 unspecified atom stereocenters. The van der Waals surface area contributed by atoms with E-state index in [2.05, 4.69) is 15.4 Å². The van der Waals surface area contributed by atoms with Crippen molar-refractivity contribution in [3.63, 3.8) is 0 Å². The number of anilines is 1. The van der Waals surface area contributed by atoms with E-state index in [0.29, 0.717) is 17.8 Å². The van der Waals surface area contributed by atoms with Gasteiger partial charge in [-0.15, -0.1) is 0 Å². The summed E-state index contributed by atoms with van der Waals surface area (Å²) in [5.41, 5.74) is 5.38. The zero-order valence-electron chi connectivity index (χ0n) is 18.3. The molecule has 1 saturated carbocycles. The van der Waals surface area contributed by atoms with E-state index < -0.39 is 16.9 Å². The number of hydrogen-bond acceptors (Lipinski definition) is 7. The Morgan fingerprint density at radius 3 is 2.74 bits per heavy atom. The second-order valence-electron chi connectivity index (χ2n) is 8.64. The molecule has 3 N–H and O–H groups in total. The molecule has 2 bridgehead atoms. The highest BCUT2D eigenvalue weighted by Crippen LogP contribution is 2.43. The van der Waals surface area contributed by atoms with Crippen LogP contribution in [0.4, 0.5) is 11.5 Å². The molecule has 3 aromatic rings. The van der Waals surface area contributed by atoms with Crippen molar-refractivity contribution in [3.8, 4) is 0 Å². The molecule has 1 aromatic carbocycles. The summed E-state index contributed by atoms with van der Waals surface area (Å²) in [5, 5.41) is 18.5. The number of hydrogen-bond donors (Lipinski definition) is 2. The molecule has 3 amide bonds. The fraction of sp³-hybridized carbons (Fsp3) is 0.318. The number of piperidine rings is 1. The normalized spacial score (nSPS) is 20.8. The first-order chi connectivity index (χ1) is 16.7. The summed E-state index contributed by atoms with van der Waals surface area (Å²) in [6.45, 7) is -0.260. The average Bonchev–Trinajstić information content (AvgIpc) is 3.52. The number of nitro benzene ring substituents is 1. The number of amides is 3. The van der Waals surface area contributed by atoms with Gasteiger partial charge in [0.05, 0.1) is 10.4 Å². The van der Waals surface area contributed by atoms with Crippen LogP contribution in [0.2, 0.25) is 5.15 Å². The number of nitrogens with zero attached hydrogens (tertiary/aromatic N) is 5. The number of likely N-dealkylation sites (tertiary alicyclic amines) is 1. The monoisotopic (exact) mass is 497 g/mol. The lowest BCUT2D eigenvalue weighted by molar-refractivity contribution is -0.384. The maximum absolute atomic E-state index is 13.4. The van der Waals surface area contributed by atoms with Crippen LogP contribution in [0.3, 0.4) is 0 Å². The van der Waals surface area contributed by atoms with Crippen LogP contribution in [-0.2, 0) is 16.1 Å². The number of rotatable bonds is 6. The van der Waals surface area contributed by atoms with E-state index in [1.54, 1.807) is 23.1 Å². The summed E-state index contributed by atoms with van der Waals surface area (Å²) in [5.74, 6) is -1.26. The summed E-state index contributed by atoms with van der Waals surface area (Å²) >= 11 is 5.91. The van der Waals surface area contributed by atoms with Crippen molar-refractivity contribution < 1.29 is 19.3 Å². The number of fused-ring (bicyclic) bond motifs is 3. The van der Waals surface area contributed by atoms with Gasteiger partial charge in [-0.1, -0.05) is 17.7 Å². The first-order valence-corrected chi connectivity index (χ1v) is 11.3. The number of nitrogens with two attached hydrogens (primary N) is 1. The molecule has 12 nitrogen and oxygen atoms in total. The van der Waals surface area contributed by atoms with E-state index in [4.69, 9.17) is 17.3 Å². The average molecular weight is 498 g/mol. The lowest BCUT2D eigenvalue weighted by Gasteiger charge is -2.34. The van der Waals surface area contributed by atoms with E-state index in [0.717, 1.165) is 12.8 Å². The maximum atomic E-state index is 13.4. The fourth-order valence-electron chi connectivity index (χ4n) is 5.16. The molecule has 0 spiro atoms. The lowest BCUT2D eigenvalue weighted by Crippen LogP contribution is -2.52. The van der Waals surface area contributed by atoms with Crippen LogP contribution in [0, 0.1) is 16.0 Å². The van der Waals surface area contributed by atoms with Crippen LogP contribution >= 0.6 is 11.6 Å². The predicted molar refractivity (Wildman–Crippen MR) is 125 cm³/mol. The number of aromatic nitrogens is 3. The molecule has 1 aliphatic heterocycles. The van der Waals surface area contributed by atoms with Crippen LogP contribution in [0.15, 0.2) is 36.4 Å². The van der Waals surface area contributed by atoms with Crippen LogP contribution in [-0.4, -0.2) is 54.4 Å². The molecule has 2 aromatic heterocycles. The summed E-state index contributed by atoms with van der Waals surface area (Å²) in [4.78, 5) is 54.7. The number of nitrogens with one attached hydrogen (secondary N) is 1. The zero-order chi connectivity index (χ0) is 24.9. The number of nitro groups is 1. The van der Waals surface area contributed by atoms with Crippen LogP contribution in [0.25, 0.3) is 10.9 Å². The quantitative estimate of drug-likeness (QED) is 0.298. The minimum Gasteiger partial charge on any atom is -0.364 e. The molecule has 3 atom stereocenters. The summed E-state index contributed by atoms with van der Waals surface area (Å²) in [6.07, 6.45) is 2.33. The van der Waals surface area contributed by atoms with E-state index >= 15 is 0 Å². The van der Waals surface area contributed by atoms with Gasteiger partial charge in [0.25, 0.3) is 11.6 Å². The number of primary amides is 1. The smallest absolute Gasteiger partial charge is 0.270 e. The Kier molecular flexibility index (Phi) is 5.59. The highest BCUT2D eigenvalue weighted by molar-refractivity contribution is 6.29. The van der Waals surface area contributed by atoms with Gasteiger partial charge in [0.15, 0.2) is 5.69 Å². The lowest BCUT2D eigenvalue weighted by atomic mass is 9.97. The third kappa shape index (κ3) is 4.05. The molecule has 3 heterocycles. The van der Waals surface area contributed by atoms with Gasteiger partial charge in [-0.2, -0.15) is 5.10 Å². The number of benzene rings is 1. The molecule has 13 heteroatoms. The Morgan fingerprint density at radius 2 is 2.03 bits per heavy atom. The van der Waals surface area contributed by atoms with E-state index in [9.17, 15) is 24.5 Å². The molecule has 5 rings (SSSR count). The Balaban J connectivity index is 1.43. The second kappa shape index (κ2) is 8.62. The molecule has 0 radical (unpaired) electrons. The van der Waals surface area contributed by atoms with Gasteiger partial charge in [0, 0.05) is 23.6 Å². The first-order valence-electron chi connectivity index (χ1n) is 10.9. The van der Waals surface area contributed by atoms with Gasteiger partial charge < -0.3 is 16.0 Å². The molecule has 35 heavy (non-hydrogen) atoms.